The molecule has 2 aromatic carbocycles. The number of carbonyl (C=O) groups excluding carboxylic acids is 1. The number of aromatic nitrogens is 1. The third-order valence-electron chi connectivity index (χ3n) is 5.11. The Hall–Kier alpha value is -4.13. The summed E-state index contributed by atoms with van der Waals surface area (Å²) in [6.07, 6.45) is 3.00. The highest BCUT2D eigenvalue weighted by molar-refractivity contribution is 5.90. The summed E-state index contributed by atoms with van der Waals surface area (Å²) in [6.45, 7) is 0. The molecule has 4 rings (SSSR count). The number of methoxy groups -OCH3 is 1. The zero-order chi connectivity index (χ0) is 22.0. The Morgan fingerprint density at radius 1 is 1.06 bits per heavy atom. The summed E-state index contributed by atoms with van der Waals surface area (Å²) in [6, 6.07) is 14.8. The van der Waals surface area contributed by atoms with Gasteiger partial charge in [-0.25, -0.2) is 0 Å². The zero-order valence-electron chi connectivity index (χ0n) is 16.6. The molecule has 2 N–H and O–H groups in total. The van der Waals surface area contributed by atoms with E-state index in [0.717, 1.165) is 6.07 Å². The second-order valence-corrected chi connectivity index (χ2v) is 6.99. The molecular weight excluding hydrogens is 398 g/mol. The molecule has 0 aliphatic rings. The van der Waals surface area contributed by atoms with Crippen LogP contribution in [-0.4, -0.2) is 28.3 Å². The molecule has 0 spiro atoms. The largest absolute Gasteiger partial charge is 0.507 e. The van der Waals surface area contributed by atoms with Gasteiger partial charge in [0.2, 0.25) is 0 Å². The summed E-state index contributed by atoms with van der Waals surface area (Å²) >= 11 is 0. The summed E-state index contributed by atoms with van der Waals surface area (Å²) in [5, 5.41) is 21.1. The number of rotatable bonds is 5. The first-order chi connectivity index (χ1) is 15.0. The van der Waals surface area contributed by atoms with Gasteiger partial charge in [0.05, 0.1) is 13.5 Å². The van der Waals surface area contributed by atoms with Crippen LogP contribution in [0.1, 0.15) is 23.5 Å². The number of carbonyl (C=O) groups is 1. The molecule has 0 fully saturated rings. The highest BCUT2D eigenvalue weighted by atomic mass is 16.5. The fourth-order valence-corrected chi connectivity index (χ4v) is 3.64. The number of phenolic OH excluding ortho intramolecular Hbond substituents is 2. The molecule has 7 heteroatoms. The molecule has 4 aromatic rings. The Balaban J connectivity index is 2.04. The predicted molar refractivity (Wildman–Crippen MR) is 114 cm³/mol. The molecule has 1 atom stereocenters. The highest BCUT2D eigenvalue weighted by Crippen LogP contribution is 2.42. The van der Waals surface area contributed by atoms with E-state index >= 15 is 0 Å². The highest BCUT2D eigenvalue weighted by Gasteiger charge is 2.28. The Kier molecular flexibility index (Phi) is 5.41. The number of hydrogen-bond acceptors (Lipinski definition) is 7. The van der Waals surface area contributed by atoms with Gasteiger partial charge in [0.25, 0.3) is 0 Å². The average Bonchev–Trinajstić information content (AvgIpc) is 2.78. The van der Waals surface area contributed by atoms with Gasteiger partial charge in [-0.3, -0.25) is 14.6 Å². The summed E-state index contributed by atoms with van der Waals surface area (Å²) in [4.78, 5) is 29.1. The van der Waals surface area contributed by atoms with Crippen LogP contribution in [0.2, 0.25) is 0 Å². The molecule has 0 saturated heterocycles. The maximum atomic E-state index is 12.9. The maximum Gasteiger partial charge on any atom is 0.306 e. The number of fused-ring (bicyclic) bond motifs is 1. The lowest BCUT2D eigenvalue weighted by Crippen LogP contribution is -2.12. The van der Waals surface area contributed by atoms with Crippen LogP contribution in [0.25, 0.3) is 22.3 Å². The van der Waals surface area contributed by atoms with E-state index in [1.807, 2.05) is 6.07 Å². The van der Waals surface area contributed by atoms with E-state index in [0.29, 0.717) is 11.1 Å². The minimum Gasteiger partial charge on any atom is -0.507 e. The van der Waals surface area contributed by atoms with Crippen molar-refractivity contribution in [2.75, 3.05) is 7.11 Å². The van der Waals surface area contributed by atoms with Crippen LogP contribution in [0, 0.1) is 0 Å². The number of benzene rings is 2. The quantitative estimate of drug-likeness (QED) is 0.473. The molecule has 2 aromatic heterocycles. The van der Waals surface area contributed by atoms with E-state index in [2.05, 4.69) is 4.98 Å². The normalized spacial score (nSPS) is 11.9. The van der Waals surface area contributed by atoms with Crippen LogP contribution in [-0.2, 0) is 9.53 Å². The molecule has 7 nitrogen and oxygen atoms in total. The van der Waals surface area contributed by atoms with Crippen LogP contribution in [0.4, 0.5) is 0 Å². The van der Waals surface area contributed by atoms with Crippen molar-refractivity contribution in [3.05, 3.63) is 88.3 Å². The Bertz CT molecular complexity index is 1300. The molecule has 0 aliphatic carbocycles. The number of esters is 1. The summed E-state index contributed by atoms with van der Waals surface area (Å²) in [5.74, 6) is -1.65. The van der Waals surface area contributed by atoms with E-state index in [1.165, 1.54) is 13.2 Å². The third kappa shape index (κ3) is 3.85. The molecule has 0 bridgehead atoms. The van der Waals surface area contributed by atoms with Gasteiger partial charge < -0.3 is 19.4 Å². The van der Waals surface area contributed by atoms with Crippen molar-refractivity contribution < 1.29 is 24.2 Å². The van der Waals surface area contributed by atoms with Crippen LogP contribution >= 0.6 is 0 Å². The van der Waals surface area contributed by atoms with Gasteiger partial charge in [-0.1, -0.05) is 30.3 Å². The topological polar surface area (TPSA) is 110 Å². The first-order valence-electron chi connectivity index (χ1n) is 9.54. The number of pyridine rings is 1. The molecule has 0 radical (unpaired) electrons. The Morgan fingerprint density at radius 2 is 1.77 bits per heavy atom. The fourth-order valence-electron chi connectivity index (χ4n) is 3.64. The van der Waals surface area contributed by atoms with Crippen LogP contribution < -0.4 is 5.43 Å². The van der Waals surface area contributed by atoms with E-state index in [4.69, 9.17) is 9.15 Å². The van der Waals surface area contributed by atoms with Gasteiger partial charge in [0, 0.05) is 41.6 Å². The molecule has 0 saturated carbocycles. The molecule has 0 unspecified atom stereocenters. The molecule has 2 heterocycles. The lowest BCUT2D eigenvalue weighted by molar-refractivity contribution is -0.140. The smallest absolute Gasteiger partial charge is 0.306 e. The Morgan fingerprint density at radius 3 is 2.45 bits per heavy atom. The SMILES string of the molecule is COC(=O)C[C@H](c1ccncc1)c1c(O)cc(O)c2c(=O)cc(-c3ccccc3)oc12. The number of aromatic hydroxyl groups is 2. The fraction of sp³-hybridized carbons (Fsp3) is 0.125. The van der Waals surface area contributed by atoms with Gasteiger partial charge >= 0.3 is 5.97 Å². The predicted octanol–water partition coefficient (Wildman–Crippen LogP) is 3.96. The monoisotopic (exact) mass is 417 g/mol. The summed E-state index contributed by atoms with van der Waals surface area (Å²) in [5.41, 5.74) is 1.07. The molecule has 156 valence electrons. The van der Waals surface area contributed by atoms with Gasteiger partial charge in [-0.2, -0.15) is 0 Å². The second-order valence-electron chi connectivity index (χ2n) is 6.99. The minimum atomic E-state index is -0.701. The lowest BCUT2D eigenvalue weighted by atomic mass is 9.87. The van der Waals surface area contributed by atoms with Gasteiger partial charge in [-0.05, 0) is 17.7 Å². The van der Waals surface area contributed by atoms with Crippen molar-refractivity contribution in [3.63, 3.8) is 0 Å². The minimum absolute atomic E-state index is 0.00886. The third-order valence-corrected chi connectivity index (χ3v) is 5.11. The first-order valence-corrected chi connectivity index (χ1v) is 9.54. The van der Waals surface area contributed by atoms with Crippen LogP contribution in [0.15, 0.2) is 76.2 Å². The van der Waals surface area contributed by atoms with Gasteiger partial charge in [0.1, 0.15) is 28.2 Å². The molecule has 31 heavy (non-hydrogen) atoms. The van der Waals surface area contributed by atoms with Crippen molar-refractivity contribution in [1.82, 2.24) is 4.98 Å². The number of nitrogens with zero attached hydrogens (tertiary/aromatic N) is 1. The maximum absolute atomic E-state index is 12.9. The van der Waals surface area contributed by atoms with Crippen LogP contribution in [0.5, 0.6) is 11.5 Å². The average molecular weight is 417 g/mol. The van der Waals surface area contributed by atoms with E-state index in [-0.39, 0.29) is 34.5 Å². The summed E-state index contributed by atoms with van der Waals surface area (Å²) < 4.78 is 10.9. The molecule has 0 aliphatic heterocycles. The number of phenols is 2. The second kappa shape index (κ2) is 8.31. The van der Waals surface area contributed by atoms with Crippen molar-refractivity contribution in [1.29, 1.82) is 0 Å². The van der Waals surface area contributed by atoms with E-state index in [9.17, 15) is 19.8 Å². The standard InChI is InChI=1S/C24H19NO6/c1-30-21(29)11-16(14-7-9-25-10-8-14)22-17(26)12-18(27)23-19(28)13-20(31-24(22)23)15-5-3-2-4-6-15/h2-10,12-13,16,26-27H,11H2,1H3/t16-/m1/s1. The van der Waals surface area contributed by atoms with E-state index < -0.39 is 23.1 Å². The van der Waals surface area contributed by atoms with E-state index in [1.54, 1.807) is 48.8 Å². The zero-order valence-corrected chi connectivity index (χ0v) is 16.6. The first kappa shape index (κ1) is 20.2. The Labute approximate surface area is 177 Å². The van der Waals surface area contributed by atoms with Crippen LogP contribution in [0.3, 0.4) is 0 Å². The van der Waals surface area contributed by atoms with Crippen molar-refractivity contribution in [3.8, 4) is 22.8 Å². The number of ether oxygens (including phenoxy) is 1. The summed E-state index contributed by atoms with van der Waals surface area (Å²) in [7, 11) is 1.27. The molecular formula is C24H19NO6. The van der Waals surface area contributed by atoms with Gasteiger partial charge in [-0.15, -0.1) is 0 Å². The van der Waals surface area contributed by atoms with Gasteiger partial charge in [0.15, 0.2) is 5.43 Å². The van der Waals surface area contributed by atoms with Crippen molar-refractivity contribution in [2.45, 2.75) is 12.3 Å². The lowest BCUT2D eigenvalue weighted by Gasteiger charge is -2.20. The van der Waals surface area contributed by atoms with Crippen molar-refractivity contribution >= 4 is 16.9 Å². The van der Waals surface area contributed by atoms with Crippen molar-refractivity contribution in [2.24, 2.45) is 0 Å². The number of hydrogen-bond donors (Lipinski definition) is 2. The molecule has 0 amide bonds.